The van der Waals surface area contributed by atoms with E-state index < -0.39 is 0 Å². The molecular formula is C16H17BrFNO2. The number of benzene rings is 2. The van der Waals surface area contributed by atoms with Crippen molar-refractivity contribution in [1.82, 2.24) is 0 Å². The van der Waals surface area contributed by atoms with Crippen LogP contribution in [0.3, 0.4) is 0 Å². The van der Waals surface area contributed by atoms with E-state index in [1.54, 1.807) is 13.2 Å². The third-order valence-corrected chi connectivity index (χ3v) is 3.70. The second kappa shape index (κ2) is 7.31. The highest BCUT2D eigenvalue weighted by atomic mass is 79.9. The van der Waals surface area contributed by atoms with Gasteiger partial charge >= 0.3 is 0 Å². The van der Waals surface area contributed by atoms with Crippen molar-refractivity contribution in [3.8, 4) is 11.5 Å². The molecule has 0 bridgehead atoms. The first kappa shape index (κ1) is 15.6. The van der Waals surface area contributed by atoms with Crippen molar-refractivity contribution in [2.45, 2.75) is 13.5 Å². The Morgan fingerprint density at radius 1 is 1.14 bits per heavy atom. The summed E-state index contributed by atoms with van der Waals surface area (Å²) in [6.07, 6.45) is 0. The predicted molar refractivity (Wildman–Crippen MR) is 85.6 cm³/mol. The van der Waals surface area contributed by atoms with Gasteiger partial charge in [-0.3, -0.25) is 0 Å². The third-order valence-electron chi connectivity index (χ3n) is 2.96. The van der Waals surface area contributed by atoms with E-state index >= 15 is 0 Å². The molecule has 0 aromatic heterocycles. The first-order valence-corrected chi connectivity index (χ1v) is 7.42. The van der Waals surface area contributed by atoms with Gasteiger partial charge in [0.15, 0.2) is 11.5 Å². The highest BCUT2D eigenvalue weighted by molar-refractivity contribution is 9.10. The summed E-state index contributed by atoms with van der Waals surface area (Å²) in [5.74, 6) is 1.14. The van der Waals surface area contributed by atoms with Crippen LogP contribution in [0.25, 0.3) is 0 Å². The van der Waals surface area contributed by atoms with E-state index in [2.05, 4.69) is 21.2 Å². The van der Waals surface area contributed by atoms with E-state index in [-0.39, 0.29) is 5.82 Å². The molecule has 0 aliphatic heterocycles. The van der Waals surface area contributed by atoms with Crippen LogP contribution in [0.1, 0.15) is 12.5 Å². The molecule has 112 valence electrons. The molecule has 0 spiro atoms. The molecule has 0 fully saturated rings. The Labute approximate surface area is 132 Å². The van der Waals surface area contributed by atoms with Gasteiger partial charge in [-0.05, 0) is 36.8 Å². The molecule has 0 atom stereocenters. The molecule has 3 nitrogen and oxygen atoms in total. The molecule has 0 unspecified atom stereocenters. The third kappa shape index (κ3) is 4.11. The molecule has 2 aromatic rings. The summed E-state index contributed by atoms with van der Waals surface area (Å²) in [6, 6.07) is 10.3. The zero-order valence-corrected chi connectivity index (χ0v) is 13.5. The summed E-state index contributed by atoms with van der Waals surface area (Å²) < 4.78 is 24.6. The van der Waals surface area contributed by atoms with E-state index in [9.17, 15) is 4.39 Å². The zero-order chi connectivity index (χ0) is 15.2. The molecule has 2 aromatic carbocycles. The minimum atomic E-state index is -0.256. The number of ether oxygens (including phenoxy) is 2. The lowest BCUT2D eigenvalue weighted by Gasteiger charge is -2.13. The van der Waals surface area contributed by atoms with Crippen molar-refractivity contribution in [3.63, 3.8) is 0 Å². The molecule has 1 N–H and O–H groups in total. The van der Waals surface area contributed by atoms with Crippen LogP contribution in [-0.2, 0) is 6.54 Å². The maximum absolute atomic E-state index is 13.0. The molecule has 0 heterocycles. The first-order chi connectivity index (χ1) is 10.1. The fraction of sp³-hybridized carbons (Fsp3) is 0.250. The summed E-state index contributed by atoms with van der Waals surface area (Å²) in [5.41, 5.74) is 1.88. The van der Waals surface area contributed by atoms with E-state index in [4.69, 9.17) is 9.47 Å². The average molecular weight is 354 g/mol. The van der Waals surface area contributed by atoms with Gasteiger partial charge in [-0.2, -0.15) is 0 Å². The van der Waals surface area contributed by atoms with Gasteiger partial charge in [-0.25, -0.2) is 4.39 Å². The summed E-state index contributed by atoms with van der Waals surface area (Å²) in [5, 5.41) is 3.28. The molecular weight excluding hydrogens is 337 g/mol. The van der Waals surface area contributed by atoms with Crippen molar-refractivity contribution >= 4 is 21.6 Å². The van der Waals surface area contributed by atoms with Gasteiger partial charge in [0.25, 0.3) is 0 Å². The number of anilines is 1. The quantitative estimate of drug-likeness (QED) is 0.822. The molecule has 0 aliphatic carbocycles. The van der Waals surface area contributed by atoms with Crippen molar-refractivity contribution < 1.29 is 13.9 Å². The second-order valence-corrected chi connectivity index (χ2v) is 5.24. The maximum atomic E-state index is 13.0. The van der Waals surface area contributed by atoms with Gasteiger partial charge < -0.3 is 14.8 Å². The van der Waals surface area contributed by atoms with Gasteiger partial charge in [0.2, 0.25) is 0 Å². The molecule has 21 heavy (non-hydrogen) atoms. The number of nitrogens with one attached hydrogen (secondary N) is 1. The van der Waals surface area contributed by atoms with Crippen LogP contribution in [0.2, 0.25) is 0 Å². The molecule has 5 heteroatoms. The van der Waals surface area contributed by atoms with E-state index in [1.807, 2.05) is 25.1 Å². The Bertz CT molecular complexity index is 619. The fourth-order valence-corrected chi connectivity index (χ4v) is 2.41. The predicted octanol–water partition coefficient (Wildman–Crippen LogP) is 4.61. The largest absolute Gasteiger partial charge is 0.493 e. The van der Waals surface area contributed by atoms with Crippen LogP contribution in [0.15, 0.2) is 40.9 Å². The topological polar surface area (TPSA) is 30.5 Å². The van der Waals surface area contributed by atoms with Crippen LogP contribution in [0.5, 0.6) is 11.5 Å². The molecule has 0 aliphatic rings. The highest BCUT2D eigenvalue weighted by Gasteiger charge is 2.06. The number of hydrogen-bond acceptors (Lipinski definition) is 3. The number of methoxy groups -OCH3 is 1. The van der Waals surface area contributed by atoms with Crippen molar-refractivity contribution in [2.24, 2.45) is 0 Å². The Morgan fingerprint density at radius 3 is 2.62 bits per heavy atom. The van der Waals surface area contributed by atoms with Crippen molar-refractivity contribution in [3.05, 3.63) is 52.3 Å². The smallest absolute Gasteiger partial charge is 0.162 e. The Balaban J connectivity index is 2.09. The minimum absolute atomic E-state index is 0.256. The highest BCUT2D eigenvalue weighted by Crippen LogP contribution is 2.30. The van der Waals surface area contributed by atoms with Gasteiger partial charge in [0, 0.05) is 22.8 Å². The van der Waals surface area contributed by atoms with Crippen LogP contribution in [0.4, 0.5) is 10.1 Å². The molecule has 0 saturated carbocycles. The van der Waals surface area contributed by atoms with Crippen LogP contribution >= 0.6 is 15.9 Å². The van der Waals surface area contributed by atoms with Gasteiger partial charge in [-0.15, -0.1) is 0 Å². The minimum Gasteiger partial charge on any atom is -0.493 e. The average Bonchev–Trinajstić information content (AvgIpc) is 2.47. The molecule has 0 amide bonds. The Kier molecular flexibility index (Phi) is 5.44. The van der Waals surface area contributed by atoms with Crippen molar-refractivity contribution in [1.29, 1.82) is 0 Å². The summed E-state index contributed by atoms with van der Waals surface area (Å²) in [6.45, 7) is 3.10. The lowest BCUT2D eigenvalue weighted by atomic mass is 10.2. The SMILES string of the molecule is CCOc1ccc(NCc2ccc(F)cc2Br)cc1OC. The van der Waals surface area contributed by atoms with E-state index in [0.717, 1.165) is 15.7 Å². The second-order valence-electron chi connectivity index (χ2n) is 4.39. The van der Waals surface area contributed by atoms with Crippen LogP contribution < -0.4 is 14.8 Å². The van der Waals surface area contributed by atoms with Crippen molar-refractivity contribution in [2.75, 3.05) is 19.0 Å². The lowest BCUT2D eigenvalue weighted by molar-refractivity contribution is 0.311. The van der Waals surface area contributed by atoms with E-state index in [1.165, 1.54) is 12.1 Å². The number of hydrogen-bond donors (Lipinski definition) is 1. The fourth-order valence-electron chi connectivity index (χ4n) is 1.91. The monoisotopic (exact) mass is 353 g/mol. The standard InChI is InChI=1S/C16H17BrFNO2/c1-3-21-15-7-6-13(9-16(15)20-2)19-10-11-4-5-12(18)8-14(11)17/h4-9,19H,3,10H2,1-2H3. The van der Waals surface area contributed by atoms with Gasteiger partial charge in [0.1, 0.15) is 5.82 Å². The lowest BCUT2D eigenvalue weighted by Crippen LogP contribution is -2.02. The zero-order valence-electron chi connectivity index (χ0n) is 12.0. The summed E-state index contributed by atoms with van der Waals surface area (Å²) in [7, 11) is 1.61. The Morgan fingerprint density at radius 2 is 1.95 bits per heavy atom. The Hall–Kier alpha value is -1.75. The van der Waals surface area contributed by atoms with Gasteiger partial charge in [-0.1, -0.05) is 22.0 Å². The number of rotatable bonds is 6. The molecule has 0 saturated heterocycles. The van der Waals surface area contributed by atoms with Crippen LogP contribution in [-0.4, -0.2) is 13.7 Å². The normalized spacial score (nSPS) is 10.3. The summed E-state index contributed by atoms with van der Waals surface area (Å²) in [4.78, 5) is 0. The molecule has 0 radical (unpaired) electrons. The van der Waals surface area contributed by atoms with E-state index in [0.29, 0.717) is 24.7 Å². The van der Waals surface area contributed by atoms with Gasteiger partial charge in [0.05, 0.1) is 13.7 Å². The summed E-state index contributed by atoms with van der Waals surface area (Å²) >= 11 is 3.36. The van der Waals surface area contributed by atoms with Crippen LogP contribution in [0, 0.1) is 5.82 Å². The maximum Gasteiger partial charge on any atom is 0.162 e. The first-order valence-electron chi connectivity index (χ1n) is 6.62. The molecule has 2 rings (SSSR count). The number of halogens is 2.